The summed E-state index contributed by atoms with van der Waals surface area (Å²) in [6.07, 6.45) is 9.29. The number of rotatable bonds is 11. The van der Waals surface area contributed by atoms with Crippen LogP contribution in [0.5, 0.6) is 0 Å². The lowest BCUT2D eigenvalue weighted by Crippen LogP contribution is -2.45. The van der Waals surface area contributed by atoms with Crippen LogP contribution in [0.2, 0.25) is 0 Å². The first-order valence-electron chi connectivity index (χ1n) is 18.5. The zero-order chi connectivity index (χ0) is 35.9. The number of ether oxygens (including phenoxy) is 3. The van der Waals surface area contributed by atoms with Gasteiger partial charge < -0.3 is 44.4 Å². The highest BCUT2D eigenvalue weighted by atomic mass is 16.6. The average Bonchev–Trinajstić information content (AvgIpc) is 3.97. The number of carbonyl (C=O) groups is 2. The standard InChI is InChI=1S/C38H62N2O9/c1-7-30(42)27(4)35-31(47-35)23-37(5,45)16-8-10-25(2)34-26(3)11-14-32(38(6,46)17-15-29(41)22-33(43)49-34)48-36(44)40-19-9-18-39(20-21-40)24-28-12-13-28/h8,10-11,14,16,26-32,34-35,41-42,45-46H,7,9,12-13,15,17-24H2,1-6H3/b14-11-,16-8+,25-10+. The quantitative estimate of drug-likeness (QED) is 0.108. The molecule has 1 aliphatic carbocycles. The molecule has 10 unspecified atom stereocenters. The maximum atomic E-state index is 13.4. The van der Waals surface area contributed by atoms with Crippen molar-refractivity contribution in [2.24, 2.45) is 17.8 Å². The molecule has 2 saturated heterocycles. The molecule has 3 heterocycles. The second-order valence-electron chi connectivity index (χ2n) is 15.6. The molecule has 0 radical (unpaired) electrons. The zero-order valence-electron chi connectivity index (χ0n) is 30.5. The minimum absolute atomic E-state index is 0.00976. The van der Waals surface area contributed by atoms with Crippen molar-refractivity contribution < 1.29 is 44.2 Å². The second-order valence-corrected chi connectivity index (χ2v) is 15.6. The number of aliphatic hydroxyl groups is 4. The highest BCUT2D eigenvalue weighted by Crippen LogP contribution is 2.38. The molecule has 4 aliphatic rings. The molecule has 3 aliphatic heterocycles. The summed E-state index contributed by atoms with van der Waals surface area (Å²) in [6.45, 7) is 14.9. The number of hydrogen-bond acceptors (Lipinski definition) is 10. The Hall–Kier alpha value is -2.28. The van der Waals surface area contributed by atoms with E-state index in [1.54, 1.807) is 49.1 Å². The van der Waals surface area contributed by atoms with E-state index in [1.165, 1.54) is 12.8 Å². The van der Waals surface area contributed by atoms with Crippen molar-refractivity contribution in [1.82, 2.24) is 9.80 Å². The Morgan fingerprint density at radius 2 is 1.94 bits per heavy atom. The third-order valence-electron chi connectivity index (χ3n) is 10.7. The number of esters is 1. The van der Waals surface area contributed by atoms with Crippen molar-refractivity contribution in [3.05, 3.63) is 36.0 Å². The van der Waals surface area contributed by atoms with Crippen LogP contribution in [0.15, 0.2) is 36.0 Å². The molecule has 0 aromatic carbocycles. The molecule has 3 fully saturated rings. The van der Waals surface area contributed by atoms with Crippen molar-refractivity contribution in [2.75, 3.05) is 32.7 Å². The fourth-order valence-electron chi connectivity index (χ4n) is 6.99. The monoisotopic (exact) mass is 690 g/mol. The fourth-order valence-corrected chi connectivity index (χ4v) is 6.99. The summed E-state index contributed by atoms with van der Waals surface area (Å²) >= 11 is 0. The maximum absolute atomic E-state index is 13.4. The molecule has 49 heavy (non-hydrogen) atoms. The van der Waals surface area contributed by atoms with E-state index in [0.717, 1.165) is 32.0 Å². The molecule has 11 nitrogen and oxygen atoms in total. The Balaban J connectivity index is 1.44. The summed E-state index contributed by atoms with van der Waals surface area (Å²) in [5, 5.41) is 43.4. The van der Waals surface area contributed by atoms with Gasteiger partial charge in [0.2, 0.25) is 0 Å². The van der Waals surface area contributed by atoms with Gasteiger partial charge >= 0.3 is 12.1 Å². The zero-order valence-corrected chi connectivity index (χ0v) is 30.5. The number of hydrogen-bond donors (Lipinski definition) is 4. The highest BCUT2D eigenvalue weighted by Gasteiger charge is 2.47. The lowest BCUT2D eigenvalue weighted by Gasteiger charge is -2.34. The molecule has 4 N–H and O–H groups in total. The molecule has 10 atom stereocenters. The molecule has 1 amide bonds. The van der Waals surface area contributed by atoms with Crippen LogP contribution in [-0.2, 0) is 19.0 Å². The molecule has 0 aromatic rings. The predicted molar refractivity (Wildman–Crippen MR) is 187 cm³/mol. The van der Waals surface area contributed by atoms with Crippen LogP contribution in [0.4, 0.5) is 4.79 Å². The molecule has 278 valence electrons. The number of epoxide rings is 1. The van der Waals surface area contributed by atoms with Gasteiger partial charge in [-0.05, 0) is 83.4 Å². The number of cyclic esters (lactones) is 1. The van der Waals surface area contributed by atoms with Gasteiger partial charge in [-0.3, -0.25) is 4.79 Å². The van der Waals surface area contributed by atoms with E-state index >= 15 is 0 Å². The van der Waals surface area contributed by atoms with E-state index in [2.05, 4.69) is 4.90 Å². The van der Waals surface area contributed by atoms with E-state index in [4.69, 9.17) is 14.2 Å². The van der Waals surface area contributed by atoms with E-state index in [-0.39, 0.29) is 43.3 Å². The van der Waals surface area contributed by atoms with Crippen LogP contribution in [0.3, 0.4) is 0 Å². The summed E-state index contributed by atoms with van der Waals surface area (Å²) < 4.78 is 17.6. The smallest absolute Gasteiger partial charge is 0.410 e. The van der Waals surface area contributed by atoms with Crippen LogP contribution in [0.1, 0.15) is 92.9 Å². The summed E-state index contributed by atoms with van der Waals surface area (Å²) in [6, 6.07) is 0. The van der Waals surface area contributed by atoms with Crippen molar-refractivity contribution >= 4 is 12.1 Å². The van der Waals surface area contributed by atoms with E-state index in [0.29, 0.717) is 31.5 Å². The molecule has 1 saturated carbocycles. The van der Waals surface area contributed by atoms with Gasteiger partial charge in [-0.15, -0.1) is 0 Å². The Morgan fingerprint density at radius 3 is 2.63 bits per heavy atom. The van der Waals surface area contributed by atoms with E-state index in [1.807, 2.05) is 27.7 Å². The van der Waals surface area contributed by atoms with Crippen molar-refractivity contribution in [3.8, 4) is 0 Å². The number of allylic oxidation sites excluding steroid dienone is 2. The second kappa shape index (κ2) is 17.3. The largest absolute Gasteiger partial charge is 0.457 e. The van der Waals surface area contributed by atoms with Crippen molar-refractivity contribution in [3.63, 3.8) is 0 Å². The van der Waals surface area contributed by atoms with Gasteiger partial charge in [0.25, 0.3) is 0 Å². The maximum Gasteiger partial charge on any atom is 0.410 e. The van der Waals surface area contributed by atoms with Crippen LogP contribution < -0.4 is 0 Å². The van der Waals surface area contributed by atoms with Crippen LogP contribution in [-0.4, -0.2) is 123 Å². The van der Waals surface area contributed by atoms with Gasteiger partial charge in [0.05, 0.1) is 36.4 Å². The molecular weight excluding hydrogens is 628 g/mol. The highest BCUT2D eigenvalue weighted by molar-refractivity contribution is 5.70. The van der Waals surface area contributed by atoms with Gasteiger partial charge in [0.1, 0.15) is 11.7 Å². The number of aliphatic hydroxyl groups excluding tert-OH is 2. The first-order valence-corrected chi connectivity index (χ1v) is 18.5. The Bertz CT molecular complexity index is 1200. The predicted octanol–water partition coefficient (Wildman–Crippen LogP) is 4.13. The molecular formula is C38H62N2O9. The lowest BCUT2D eigenvalue weighted by atomic mass is 9.88. The molecule has 0 bridgehead atoms. The first kappa shape index (κ1) is 39.5. The Labute approximate surface area is 293 Å². The minimum Gasteiger partial charge on any atom is -0.457 e. The van der Waals surface area contributed by atoms with E-state index in [9.17, 15) is 30.0 Å². The van der Waals surface area contributed by atoms with Gasteiger partial charge in [-0.25, -0.2) is 4.79 Å². The van der Waals surface area contributed by atoms with Gasteiger partial charge in [-0.1, -0.05) is 45.1 Å². The topological polar surface area (TPSA) is 153 Å². The van der Waals surface area contributed by atoms with E-state index < -0.39 is 47.7 Å². The lowest BCUT2D eigenvalue weighted by molar-refractivity contribution is -0.151. The van der Waals surface area contributed by atoms with Gasteiger partial charge in [0.15, 0.2) is 6.10 Å². The summed E-state index contributed by atoms with van der Waals surface area (Å²) in [5.74, 6) is -0.152. The number of carbonyl (C=O) groups excluding carboxylic acids is 2. The summed E-state index contributed by atoms with van der Waals surface area (Å²) in [5.41, 5.74) is -1.92. The van der Waals surface area contributed by atoms with Crippen molar-refractivity contribution in [2.45, 2.75) is 141 Å². The number of nitrogens with zero attached hydrogens (tertiary/aromatic N) is 2. The van der Waals surface area contributed by atoms with Crippen molar-refractivity contribution in [1.29, 1.82) is 0 Å². The fraction of sp³-hybridized carbons (Fsp3) is 0.789. The SMILES string of the molecule is CCC(O)C(C)C1OC1CC(C)(O)/C=C/C=C(\C)C1OC(=O)CC(O)CCC(C)(O)C(OC(=O)N2CCCN(CC3CC3)CC2)/C=C\C1C. The van der Waals surface area contributed by atoms with Gasteiger partial charge in [0, 0.05) is 44.4 Å². The van der Waals surface area contributed by atoms with Crippen LogP contribution >= 0.6 is 0 Å². The minimum atomic E-state index is -1.48. The third kappa shape index (κ3) is 12.2. The molecule has 4 rings (SSSR count). The average molecular weight is 691 g/mol. The molecule has 11 heteroatoms. The first-order chi connectivity index (χ1) is 23.1. The number of amides is 1. The van der Waals surface area contributed by atoms with Crippen LogP contribution in [0.25, 0.3) is 0 Å². The molecule has 0 aromatic heterocycles. The Kier molecular flexibility index (Phi) is 13.9. The Morgan fingerprint density at radius 1 is 1.20 bits per heavy atom. The summed E-state index contributed by atoms with van der Waals surface area (Å²) in [4.78, 5) is 30.4. The van der Waals surface area contributed by atoms with Gasteiger partial charge in [-0.2, -0.15) is 0 Å². The molecule has 0 spiro atoms. The van der Waals surface area contributed by atoms with Crippen LogP contribution in [0, 0.1) is 17.8 Å². The summed E-state index contributed by atoms with van der Waals surface area (Å²) in [7, 11) is 0. The third-order valence-corrected chi connectivity index (χ3v) is 10.7. The normalized spacial score (nSPS) is 35.7.